The van der Waals surface area contributed by atoms with Crippen molar-refractivity contribution in [2.75, 3.05) is 12.0 Å². The van der Waals surface area contributed by atoms with Crippen LogP contribution in [0.4, 0.5) is 0 Å². The van der Waals surface area contributed by atoms with Crippen molar-refractivity contribution in [2.24, 2.45) is 5.92 Å². The molecule has 4 heteroatoms. The molecular formula is C8H18O3S. The Kier molecular flexibility index (Phi) is 4.78. The topological polar surface area (TPSA) is 54.4 Å². The lowest BCUT2D eigenvalue weighted by molar-refractivity contribution is 0.111. The Balaban J connectivity index is 3.79. The first-order valence-corrected chi connectivity index (χ1v) is 6.28. The minimum Gasteiger partial charge on any atom is -0.393 e. The van der Waals surface area contributed by atoms with E-state index in [0.29, 0.717) is 6.42 Å². The maximum Gasteiger partial charge on any atom is 0.147 e. The molecule has 0 radical (unpaired) electrons. The molecule has 0 aromatic rings. The van der Waals surface area contributed by atoms with E-state index in [1.165, 1.54) is 6.26 Å². The van der Waals surface area contributed by atoms with Crippen LogP contribution in [0.1, 0.15) is 26.7 Å². The first-order valence-electron chi connectivity index (χ1n) is 4.22. The molecule has 0 rings (SSSR count). The van der Waals surface area contributed by atoms with E-state index in [4.69, 9.17) is 0 Å². The standard InChI is InChI=1S/C8H18O3S/c1-4-7(2)8(9)5-6-12(3,10)11/h7-9H,4-6H2,1-3H3. The fourth-order valence-electron chi connectivity index (χ4n) is 0.891. The van der Waals surface area contributed by atoms with Gasteiger partial charge in [-0.2, -0.15) is 0 Å². The Morgan fingerprint density at radius 1 is 1.42 bits per heavy atom. The highest BCUT2D eigenvalue weighted by molar-refractivity contribution is 7.90. The summed E-state index contributed by atoms with van der Waals surface area (Å²) in [6.45, 7) is 3.90. The fourth-order valence-corrected chi connectivity index (χ4v) is 1.56. The van der Waals surface area contributed by atoms with E-state index in [2.05, 4.69) is 0 Å². The Hall–Kier alpha value is -0.0900. The summed E-state index contributed by atoms with van der Waals surface area (Å²) in [6.07, 6.45) is 1.94. The summed E-state index contributed by atoms with van der Waals surface area (Å²) < 4.78 is 21.5. The molecule has 3 nitrogen and oxygen atoms in total. The number of hydrogen-bond donors (Lipinski definition) is 1. The molecule has 0 spiro atoms. The van der Waals surface area contributed by atoms with Crippen molar-refractivity contribution < 1.29 is 13.5 Å². The van der Waals surface area contributed by atoms with Crippen molar-refractivity contribution in [1.82, 2.24) is 0 Å². The van der Waals surface area contributed by atoms with Crippen molar-refractivity contribution in [3.8, 4) is 0 Å². The molecule has 12 heavy (non-hydrogen) atoms. The molecule has 2 unspecified atom stereocenters. The first kappa shape index (κ1) is 11.9. The third kappa shape index (κ3) is 5.55. The van der Waals surface area contributed by atoms with Crippen LogP contribution in [-0.4, -0.2) is 31.6 Å². The Bertz CT molecular complexity index is 208. The van der Waals surface area contributed by atoms with Gasteiger partial charge in [0.1, 0.15) is 9.84 Å². The van der Waals surface area contributed by atoms with Crippen molar-refractivity contribution in [3.63, 3.8) is 0 Å². The summed E-state index contributed by atoms with van der Waals surface area (Å²) in [5.74, 6) is 0.269. The Labute approximate surface area is 74.7 Å². The van der Waals surface area contributed by atoms with Crippen LogP contribution in [0.2, 0.25) is 0 Å². The van der Waals surface area contributed by atoms with Gasteiger partial charge in [0, 0.05) is 6.26 Å². The maximum absolute atomic E-state index is 10.7. The average molecular weight is 194 g/mol. The normalized spacial score (nSPS) is 17.3. The lowest BCUT2D eigenvalue weighted by Crippen LogP contribution is -2.20. The Morgan fingerprint density at radius 3 is 2.25 bits per heavy atom. The van der Waals surface area contributed by atoms with E-state index in [1.54, 1.807) is 0 Å². The predicted molar refractivity (Wildman–Crippen MR) is 49.8 cm³/mol. The number of aliphatic hydroxyl groups excluding tert-OH is 1. The lowest BCUT2D eigenvalue weighted by Gasteiger charge is -2.15. The van der Waals surface area contributed by atoms with Gasteiger partial charge in [-0.1, -0.05) is 20.3 Å². The van der Waals surface area contributed by atoms with E-state index in [-0.39, 0.29) is 11.7 Å². The van der Waals surface area contributed by atoms with Gasteiger partial charge in [-0.05, 0) is 12.3 Å². The SMILES string of the molecule is CCC(C)C(O)CCS(C)(=O)=O. The second-order valence-electron chi connectivity index (χ2n) is 3.37. The van der Waals surface area contributed by atoms with Crippen LogP contribution in [0.25, 0.3) is 0 Å². The van der Waals surface area contributed by atoms with Gasteiger partial charge in [0.15, 0.2) is 0 Å². The number of aliphatic hydroxyl groups is 1. The summed E-state index contributed by atoms with van der Waals surface area (Å²) in [7, 11) is -2.92. The predicted octanol–water partition coefficient (Wildman–Crippen LogP) is 0.828. The zero-order chi connectivity index (χ0) is 9.78. The van der Waals surface area contributed by atoms with E-state index in [1.807, 2.05) is 13.8 Å². The zero-order valence-electron chi connectivity index (χ0n) is 7.95. The van der Waals surface area contributed by atoms with Gasteiger partial charge in [0.25, 0.3) is 0 Å². The van der Waals surface area contributed by atoms with Crippen molar-refractivity contribution in [1.29, 1.82) is 0 Å². The zero-order valence-corrected chi connectivity index (χ0v) is 8.76. The highest BCUT2D eigenvalue weighted by Gasteiger charge is 2.14. The number of rotatable bonds is 5. The van der Waals surface area contributed by atoms with Gasteiger partial charge in [0.2, 0.25) is 0 Å². The molecule has 0 aromatic heterocycles. The molecule has 0 bridgehead atoms. The van der Waals surface area contributed by atoms with Crippen molar-refractivity contribution >= 4 is 9.84 Å². The van der Waals surface area contributed by atoms with E-state index in [0.717, 1.165) is 6.42 Å². The molecule has 0 fully saturated rings. The van der Waals surface area contributed by atoms with Crippen molar-refractivity contribution in [3.05, 3.63) is 0 Å². The minimum absolute atomic E-state index is 0.0819. The summed E-state index contributed by atoms with van der Waals surface area (Å²) in [5.41, 5.74) is 0. The Morgan fingerprint density at radius 2 is 1.92 bits per heavy atom. The summed E-state index contributed by atoms with van der Waals surface area (Å²) in [6, 6.07) is 0. The molecule has 0 heterocycles. The van der Waals surface area contributed by atoms with Gasteiger partial charge in [-0.3, -0.25) is 0 Å². The molecule has 0 saturated heterocycles. The van der Waals surface area contributed by atoms with Gasteiger partial charge in [0.05, 0.1) is 11.9 Å². The van der Waals surface area contributed by atoms with Gasteiger partial charge in [-0.25, -0.2) is 8.42 Å². The lowest BCUT2D eigenvalue weighted by atomic mass is 10.0. The van der Waals surface area contributed by atoms with E-state index < -0.39 is 15.9 Å². The molecule has 2 atom stereocenters. The highest BCUT2D eigenvalue weighted by atomic mass is 32.2. The van der Waals surface area contributed by atoms with Crippen molar-refractivity contribution in [2.45, 2.75) is 32.8 Å². The summed E-state index contributed by atoms with van der Waals surface area (Å²) >= 11 is 0. The van der Waals surface area contributed by atoms with Crippen LogP contribution in [0.15, 0.2) is 0 Å². The smallest absolute Gasteiger partial charge is 0.147 e. The minimum atomic E-state index is -2.92. The third-order valence-electron chi connectivity index (χ3n) is 2.09. The average Bonchev–Trinajstić information content (AvgIpc) is 1.97. The fraction of sp³-hybridized carbons (Fsp3) is 1.00. The molecule has 0 saturated carbocycles. The monoisotopic (exact) mass is 194 g/mol. The van der Waals surface area contributed by atoms with Crippen LogP contribution in [0, 0.1) is 5.92 Å². The molecule has 0 aliphatic carbocycles. The van der Waals surface area contributed by atoms with Crippen LogP contribution < -0.4 is 0 Å². The molecule has 0 aromatic carbocycles. The molecule has 0 aliphatic heterocycles. The molecule has 0 aliphatic rings. The first-order chi connectivity index (χ1) is 5.37. The van der Waals surface area contributed by atoms with Crippen LogP contribution in [-0.2, 0) is 9.84 Å². The number of hydrogen-bond acceptors (Lipinski definition) is 3. The van der Waals surface area contributed by atoms with E-state index >= 15 is 0 Å². The summed E-state index contributed by atoms with van der Waals surface area (Å²) in [4.78, 5) is 0. The van der Waals surface area contributed by atoms with Gasteiger partial charge in [-0.15, -0.1) is 0 Å². The highest BCUT2D eigenvalue weighted by Crippen LogP contribution is 2.11. The largest absolute Gasteiger partial charge is 0.393 e. The van der Waals surface area contributed by atoms with Crippen LogP contribution in [0.3, 0.4) is 0 Å². The van der Waals surface area contributed by atoms with Gasteiger partial charge >= 0.3 is 0 Å². The molecule has 74 valence electrons. The second kappa shape index (κ2) is 4.82. The molecule has 1 N–H and O–H groups in total. The van der Waals surface area contributed by atoms with Gasteiger partial charge < -0.3 is 5.11 Å². The molecular weight excluding hydrogens is 176 g/mol. The second-order valence-corrected chi connectivity index (χ2v) is 5.63. The summed E-state index contributed by atoms with van der Waals surface area (Å²) in [5, 5.41) is 9.42. The van der Waals surface area contributed by atoms with Crippen LogP contribution in [0.5, 0.6) is 0 Å². The molecule has 0 amide bonds. The van der Waals surface area contributed by atoms with Crippen LogP contribution >= 0.6 is 0 Å². The van der Waals surface area contributed by atoms with E-state index in [9.17, 15) is 13.5 Å². The quantitative estimate of drug-likeness (QED) is 0.705. The maximum atomic E-state index is 10.7. The number of sulfone groups is 1. The third-order valence-corrected chi connectivity index (χ3v) is 3.06.